The summed E-state index contributed by atoms with van der Waals surface area (Å²) in [7, 11) is 2.17. The molecule has 0 aromatic rings. The highest BCUT2D eigenvalue weighted by molar-refractivity contribution is 5.78. The van der Waals surface area contributed by atoms with Gasteiger partial charge in [-0.15, -0.1) is 0 Å². The molecule has 2 aliphatic rings. The number of hydrogen-bond donors (Lipinski definition) is 2. The van der Waals surface area contributed by atoms with Gasteiger partial charge in [0.2, 0.25) is 5.91 Å². The fraction of sp³-hybridized carbons (Fsp3) is 0.938. The molecule has 1 aliphatic heterocycles. The summed E-state index contributed by atoms with van der Waals surface area (Å²) in [5, 5.41) is 3.22. The first-order valence-electron chi connectivity index (χ1n) is 8.19. The molecular weight excluding hydrogens is 250 g/mol. The van der Waals surface area contributed by atoms with Crippen LogP contribution in [0.3, 0.4) is 0 Å². The van der Waals surface area contributed by atoms with E-state index < -0.39 is 0 Å². The first-order chi connectivity index (χ1) is 9.52. The van der Waals surface area contributed by atoms with Gasteiger partial charge in [0.05, 0.1) is 0 Å². The molecule has 1 saturated heterocycles. The van der Waals surface area contributed by atoms with Crippen LogP contribution >= 0.6 is 0 Å². The molecule has 4 nitrogen and oxygen atoms in total. The quantitative estimate of drug-likeness (QED) is 0.823. The van der Waals surface area contributed by atoms with E-state index in [1.165, 1.54) is 12.8 Å². The van der Waals surface area contributed by atoms with Crippen molar-refractivity contribution in [3.05, 3.63) is 0 Å². The predicted octanol–water partition coefficient (Wildman–Crippen LogP) is 1.60. The third kappa shape index (κ3) is 4.19. The van der Waals surface area contributed by atoms with Crippen molar-refractivity contribution in [3.8, 4) is 0 Å². The van der Waals surface area contributed by atoms with Crippen LogP contribution in [0.5, 0.6) is 0 Å². The Morgan fingerprint density at radius 3 is 2.40 bits per heavy atom. The van der Waals surface area contributed by atoms with Crippen molar-refractivity contribution >= 4 is 5.91 Å². The van der Waals surface area contributed by atoms with E-state index in [9.17, 15) is 4.79 Å². The third-order valence-electron chi connectivity index (χ3n) is 5.43. The average Bonchev–Trinajstić information content (AvgIpc) is 2.48. The van der Waals surface area contributed by atoms with Crippen molar-refractivity contribution in [2.24, 2.45) is 23.0 Å². The minimum Gasteiger partial charge on any atom is -0.355 e. The molecule has 1 aliphatic carbocycles. The predicted molar refractivity (Wildman–Crippen MR) is 82.4 cm³/mol. The molecule has 116 valence electrons. The van der Waals surface area contributed by atoms with Gasteiger partial charge < -0.3 is 16.0 Å². The second-order valence-corrected chi connectivity index (χ2v) is 7.29. The Morgan fingerprint density at radius 1 is 1.25 bits per heavy atom. The molecule has 0 unspecified atom stereocenters. The first-order valence-corrected chi connectivity index (χ1v) is 8.19. The average molecular weight is 281 g/mol. The van der Waals surface area contributed by atoms with Crippen LogP contribution in [-0.2, 0) is 4.79 Å². The van der Waals surface area contributed by atoms with E-state index >= 15 is 0 Å². The van der Waals surface area contributed by atoms with Gasteiger partial charge in [-0.25, -0.2) is 0 Å². The fourth-order valence-corrected chi connectivity index (χ4v) is 3.44. The van der Waals surface area contributed by atoms with E-state index in [1.807, 2.05) is 0 Å². The molecule has 1 saturated carbocycles. The second-order valence-electron chi connectivity index (χ2n) is 7.29. The Bertz CT molecular complexity index is 316. The zero-order valence-corrected chi connectivity index (χ0v) is 13.2. The molecule has 0 radical (unpaired) electrons. The number of nitrogens with one attached hydrogen (secondary N) is 1. The van der Waals surface area contributed by atoms with Crippen molar-refractivity contribution in [2.45, 2.75) is 45.4 Å². The SMILES string of the molecule is CN1CCC(C)(CNC(=O)C2CCC(CN)CC2)CC1. The largest absolute Gasteiger partial charge is 0.355 e. The summed E-state index contributed by atoms with van der Waals surface area (Å²) in [6.45, 7) is 6.23. The molecule has 20 heavy (non-hydrogen) atoms. The standard InChI is InChI=1S/C16H31N3O/c1-16(7-9-19(2)10-8-16)12-18-15(20)14-5-3-13(11-17)4-6-14/h13-14H,3-12,17H2,1-2H3,(H,18,20). The van der Waals surface area contributed by atoms with Gasteiger partial charge in [-0.2, -0.15) is 0 Å². The summed E-state index contributed by atoms with van der Waals surface area (Å²) in [5.41, 5.74) is 5.99. The molecule has 2 rings (SSSR count). The van der Waals surface area contributed by atoms with Crippen LogP contribution in [0.4, 0.5) is 0 Å². The Balaban J connectivity index is 1.72. The van der Waals surface area contributed by atoms with E-state index in [0.29, 0.717) is 5.92 Å². The van der Waals surface area contributed by atoms with Crippen LogP contribution in [0.25, 0.3) is 0 Å². The topological polar surface area (TPSA) is 58.4 Å². The summed E-state index contributed by atoms with van der Waals surface area (Å²) >= 11 is 0. The molecule has 4 heteroatoms. The maximum absolute atomic E-state index is 12.3. The normalized spacial score (nSPS) is 30.9. The van der Waals surface area contributed by atoms with Gasteiger partial charge in [0.15, 0.2) is 0 Å². The Morgan fingerprint density at radius 2 is 1.85 bits per heavy atom. The number of rotatable bonds is 4. The minimum atomic E-state index is 0.229. The molecule has 0 aromatic carbocycles. The molecule has 2 fully saturated rings. The van der Waals surface area contributed by atoms with E-state index in [4.69, 9.17) is 5.73 Å². The van der Waals surface area contributed by atoms with E-state index in [2.05, 4.69) is 24.2 Å². The smallest absolute Gasteiger partial charge is 0.223 e. The molecule has 3 N–H and O–H groups in total. The highest BCUT2D eigenvalue weighted by atomic mass is 16.1. The summed E-state index contributed by atoms with van der Waals surface area (Å²) in [6.07, 6.45) is 6.65. The lowest BCUT2D eigenvalue weighted by atomic mass is 9.79. The van der Waals surface area contributed by atoms with E-state index in [-0.39, 0.29) is 17.2 Å². The van der Waals surface area contributed by atoms with Crippen molar-refractivity contribution in [1.82, 2.24) is 10.2 Å². The van der Waals surface area contributed by atoms with Gasteiger partial charge in [0.1, 0.15) is 0 Å². The maximum atomic E-state index is 12.3. The molecule has 0 spiro atoms. The zero-order chi connectivity index (χ0) is 14.6. The van der Waals surface area contributed by atoms with Gasteiger partial charge >= 0.3 is 0 Å². The number of piperidine rings is 1. The number of nitrogens with two attached hydrogens (primary N) is 1. The molecule has 1 amide bonds. The van der Waals surface area contributed by atoms with Gasteiger partial charge in [-0.05, 0) is 76.5 Å². The molecule has 0 bridgehead atoms. The Hall–Kier alpha value is -0.610. The van der Waals surface area contributed by atoms with E-state index in [0.717, 1.165) is 51.9 Å². The van der Waals surface area contributed by atoms with Crippen molar-refractivity contribution in [2.75, 3.05) is 33.2 Å². The van der Waals surface area contributed by atoms with E-state index in [1.54, 1.807) is 0 Å². The Labute approximate surface area is 123 Å². The first kappa shape index (κ1) is 15.8. The Kier molecular flexibility index (Phi) is 5.44. The number of carbonyl (C=O) groups excluding carboxylic acids is 1. The van der Waals surface area contributed by atoms with Crippen LogP contribution < -0.4 is 11.1 Å². The lowest BCUT2D eigenvalue weighted by molar-refractivity contribution is -0.126. The van der Waals surface area contributed by atoms with Gasteiger partial charge in [-0.1, -0.05) is 6.92 Å². The number of carbonyl (C=O) groups is 1. The lowest BCUT2D eigenvalue weighted by Crippen LogP contribution is -2.45. The summed E-state index contributed by atoms with van der Waals surface area (Å²) in [5.74, 6) is 1.15. The van der Waals surface area contributed by atoms with Crippen LogP contribution in [-0.4, -0.2) is 44.0 Å². The summed E-state index contributed by atoms with van der Waals surface area (Å²) < 4.78 is 0. The minimum absolute atomic E-state index is 0.229. The van der Waals surface area contributed by atoms with Gasteiger partial charge in [-0.3, -0.25) is 4.79 Å². The number of hydrogen-bond acceptors (Lipinski definition) is 3. The third-order valence-corrected chi connectivity index (χ3v) is 5.43. The number of amides is 1. The molecular formula is C16H31N3O. The van der Waals surface area contributed by atoms with Crippen LogP contribution in [0, 0.1) is 17.3 Å². The fourth-order valence-electron chi connectivity index (χ4n) is 3.44. The van der Waals surface area contributed by atoms with Crippen LogP contribution in [0.1, 0.15) is 45.4 Å². The highest BCUT2D eigenvalue weighted by Crippen LogP contribution is 2.31. The van der Waals surface area contributed by atoms with Crippen LogP contribution in [0.2, 0.25) is 0 Å². The van der Waals surface area contributed by atoms with Crippen molar-refractivity contribution < 1.29 is 4.79 Å². The summed E-state index contributed by atoms with van der Waals surface area (Å²) in [6, 6.07) is 0. The molecule has 1 heterocycles. The van der Waals surface area contributed by atoms with Crippen molar-refractivity contribution in [3.63, 3.8) is 0 Å². The monoisotopic (exact) mass is 281 g/mol. The van der Waals surface area contributed by atoms with Crippen molar-refractivity contribution in [1.29, 1.82) is 0 Å². The molecule has 0 atom stereocenters. The van der Waals surface area contributed by atoms with Gasteiger partial charge in [0, 0.05) is 12.5 Å². The maximum Gasteiger partial charge on any atom is 0.223 e. The zero-order valence-electron chi connectivity index (χ0n) is 13.2. The van der Waals surface area contributed by atoms with Crippen LogP contribution in [0.15, 0.2) is 0 Å². The number of nitrogens with zero attached hydrogens (tertiary/aromatic N) is 1. The number of likely N-dealkylation sites (tertiary alicyclic amines) is 1. The second kappa shape index (κ2) is 6.90. The van der Waals surface area contributed by atoms with Gasteiger partial charge in [0.25, 0.3) is 0 Å². The molecule has 0 aromatic heterocycles. The lowest BCUT2D eigenvalue weighted by Gasteiger charge is -2.38. The highest BCUT2D eigenvalue weighted by Gasteiger charge is 2.31. The summed E-state index contributed by atoms with van der Waals surface area (Å²) in [4.78, 5) is 14.7.